The van der Waals surface area contributed by atoms with Crippen molar-refractivity contribution < 1.29 is 32.5 Å². The van der Waals surface area contributed by atoms with Gasteiger partial charge >= 0.3 is 12.3 Å². The zero-order chi connectivity index (χ0) is 14.8. The summed E-state index contributed by atoms with van der Waals surface area (Å²) in [4.78, 5) is 10.9. The summed E-state index contributed by atoms with van der Waals surface area (Å²) in [6, 6.07) is 3.06. The molecule has 4 nitrogen and oxygen atoms in total. The van der Waals surface area contributed by atoms with E-state index in [1.165, 1.54) is 0 Å². The minimum Gasteiger partial charge on any atom is -0.487 e. The predicted molar refractivity (Wildman–Crippen MR) is 63.0 cm³/mol. The molecule has 1 aromatic rings. The van der Waals surface area contributed by atoms with Crippen LogP contribution in [0, 0.1) is 0 Å². The third-order valence-electron chi connectivity index (χ3n) is 3.01. The van der Waals surface area contributed by atoms with Crippen molar-refractivity contribution in [2.75, 3.05) is 0 Å². The molecule has 0 saturated heterocycles. The van der Waals surface area contributed by atoms with Gasteiger partial charge in [-0.2, -0.15) is 0 Å². The number of hydrogen-bond donors (Lipinski definition) is 1. The number of hydrogen-bond acceptors (Lipinski definition) is 3. The van der Waals surface area contributed by atoms with E-state index >= 15 is 0 Å². The van der Waals surface area contributed by atoms with Crippen molar-refractivity contribution in [3.63, 3.8) is 0 Å². The second-order valence-corrected chi connectivity index (χ2v) is 4.54. The largest absolute Gasteiger partial charge is 0.573 e. The highest BCUT2D eigenvalue weighted by atomic mass is 19.4. The molecular formula is C13H13F3O4. The van der Waals surface area contributed by atoms with Crippen LogP contribution in [0.25, 0.3) is 0 Å². The Morgan fingerprint density at radius 1 is 1.20 bits per heavy atom. The average Bonchev–Trinajstić information content (AvgIpc) is 2.82. The first-order chi connectivity index (χ1) is 9.35. The summed E-state index contributed by atoms with van der Waals surface area (Å²) in [5.74, 6) is -1.94. The summed E-state index contributed by atoms with van der Waals surface area (Å²) in [6.07, 6.45) is -1.68. The van der Waals surface area contributed by atoms with Gasteiger partial charge in [-0.05, 0) is 43.9 Å². The monoisotopic (exact) mass is 290 g/mol. The molecule has 1 aromatic carbocycles. The van der Waals surface area contributed by atoms with E-state index in [2.05, 4.69) is 4.74 Å². The molecule has 7 heteroatoms. The topological polar surface area (TPSA) is 55.8 Å². The van der Waals surface area contributed by atoms with Gasteiger partial charge in [0, 0.05) is 0 Å². The molecule has 0 heterocycles. The van der Waals surface area contributed by atoms with Gasteiger partial charge < -0.3 is 14.6 Å². The van der Waals surface area contributed by atoms with Crippen LogP contribution in [0.4, 0.5) is 13.2 Å². The van der Waals surface area contributed by atoms with E-state index in [4.69, 9.17) is 9.84 Å². The second-order valence-electron chi connectivity index (χ2n) is 4.54. The van der Waals surface area contributed by atoms with E-state index in [-0.39, 0.29) is 17.4 Å². The Bertz CT molecular complexity index is 493. The zero-order valence-electron chi connectivity index (χ0n) is 10.4. The van der Waals surface area contributed by atoms with E-state index in [0.717, 1.165) is 43.9 Å². The van der Waals surface area contributed by atoms with Crippen LogP contribution < -0.4 is 9.47 Å². The van der Waals surface area contributed by atoms with Gasteiger partial charge in [0.2, 0.25) is 0 Å². The van der Waals surface area contributed by atoms with Gasteiger partial charge in [0.25, 0.3) is 0 Å². The maximum atomic E-state index is 12.3. The van der Waals surface area contributed by atoms with Crippen LogP contribution >= 0.6 is 0 Å². The summed E-state index contributed by atoms with van der Waals surface area (Å²) < 4.78 is 46.2. The van der Waals surface area contributed by atoms with Crippen molar-refractivity contribution in [3.05, 3.63) is 23.8 Å². The molecule has 1 fully saturated rings. The number of benzene rings is 1. The number of carboxylic acid groups (broad SMARTS) is 1. The Kier molecular flexibility index (Phi) is 4.06. The number of carboxylic acids is 1. The van der Waals surface area contributed by atoms with Gasteiger partial charge in [0.15, 0.2) is 11.5 Å². The number of carbonyl (C=O) groups is 1. The Labute approximate surface area is 113 Å². The number of ether oxygens (including phenoxy) is 2. The molecule has 0 spiro atoms. The van der Waals surface area contributed by atoms with E-state index < -0.39 is 18.1 Å². The van der Waals surface area contributed by atoms with Crippen molar-refractivity contribution in [2.45, 2.75) is 38.1 Å². The number of aromatic carboxylic acids is 1. The Morgan fingerprint density at radius 3 is 2.40 bits per heavy atom. The van der Waals surface area contributed by atoms with Gasteiger partial charge in [0.1, 0.15) is 0 Å². The molecule has 1 aliphatic carbocycles. The number of rotatable bonds is 4. The van der Waals surface area contributed by atoms with Crippen LogP contribution in [0.5, 0.6) is 11.5 Å². The Hall–Kier alpha value is -1.92. The highest BCUT2D eigenvalue weighted by Gasteiger charge is 2.33. The molecular weight excluding hydrogens is 277 g/mol. The van der Waals surface area contributed by atoms with Crippen LogP contribution in [-0.4, -0.2) is 23.5 Å². The van der Waals surface area contributed by atoms with Crippen molar-refractivity contribution in [1.82, 2.24) is 0 Å². The van der Waals surface area contributed by atoms with E-state index in [0.29, 0.717) is 0 Å². The molecule has 0 atom stereocenters. The molecule has 1 N–H and O–H groups in total. The van der Waals surface area contributed by atoms with Gasteiger partial charge in [-0.25, -0.2) is 4.79 Å². The zero-order valence-corrected chi connectivity index (χ0v) is 10.4. The predicted octanol–water partition coefficient (Wildman–Crippen LogP) is 3.60. The summed E-state index contributed by atoms with van der Waals surface area (Å²) in [7, 11) is 0. The van der Waals surface area contributed by atoms with Crippen molar-refractivity contribution in [3.8, 4) is 11.5 Å². The Morgan fingerprint density at radius 2 is 1.85 bits per heavy atom. The SMILES string of the molecule is O=C(O)c1ccc(OC(F)(F)F)c(OC2CCCC2)c1. The minimum absolute atomic E-state index is 0.146. The fourth-order valence-corrected chi connectivity index (χ4v) is 2.13. The third kappa shape index (κ3) is 3.79. The summed E-state index contributed by atoms with van der Waals surface area (Å²) in [6.45, 7) is 0. The standard InChI is InChI=1S/C13H13F3O4/c14-13(15,16)20-10-6-5-8(12(17)18)7-11(10)19-9-3-1-2-4-9/h5-7,9H,1-4H2,(H,17,18). The first kappa shape index (κ1) is 14.5. The lowest BCUT2D eigenvalue weighted by atomic mass is 10.2. The quantitative estimate of drug-likeness (QED) is 0.920. The van der Waals surface area contributed by atoms with Crippen molar-refractivity contribution in [2.24, 2.45) is 0 Å². The van der Waals surface area contributed by atoms with Crippen LogP contribution in [0.2, 0.25) is 0 Å². The molecule has 20 heavy (non-hydrogen) atoms. The van der Waals surface area contributed by atoms with Crippen molar-refractivity contribution >= 4 is 5.97 Å². The maximum Gasteiger partial charge on any atom is 0.573 e. The fraction of sp³-hybridized carbons (Fsp3) is 0.462. The molecule has 1 aliphatic rings. The number of alkyl halides is 3. The highest BCUT2D eigenvalue weighted by molar-refractivity contribution is 5.88. The normalized spacial score (nSPS) is 16.1. The van der Waals surface area contributed by atoms with Crippen LogP contribution in [-0.2, 0) is 0 Å². The van der Waals surface area contributed by atoms with Gasteiger partial charge in [-0.15, -0.1) is 13.2 Å². The third-order valence-corrected chi connectivity index (χ3v) is 3.01. The maximum absolute atomic E-state index is 12.3. The van der Waals surface area contributed by atoms with Gasteiger partial charge in [-0.1, -0.05) is 0 Å². The van der Waals surface area contributed by atoms with Crippen LogP contribution in [0.1, 0.15) is 36.0 Å². The molecule has 0 aromatic heterocycles. The first-order valence-electron chi connectivity index (χ1n) is 6.15. The lowest BCUT2D eigenvalue weighted by Gasteiger charge is -2.18. The minimum atomic E-state index is -4.85. The second kappa shape index (κ2) is 5.60. The first-order valence-corrected chi connectivity index (χ1v) is 6.15. The van der Waals surface area contributed by atoms with Crippen LogP contribution in [0.3, 0.4) is 0 Å². The summed E-state index contributed by atoms with van der Waals surface area (Å²) in [5.41, 5.74) is -0.146. The van der Waals surface area contributed by atoms with E-state index in [9.17, 15) is 18.0 Å². The van der Waals surface area contributed by atoms with Crippen LogP contribution in [0.15, 0.2) is 18.2 Å². The molecule has 0 aliphatic heterocycles. The Balaban J connectivity index is 2.26. The summed E-state index contributed by atoms with van der Waals surface area (Å²) >= 11 is 0. The lowest BCUT2D eigenvalue weighted by Crippen LogP contribution is -2.19. The number of halogens is 3. The molecule has 0 bridgehead atoms. The fourth-order valence-electron chi connectivity index (χ4n) is 2.13. The molecule has 0 amide bonds. The van der Waals surface area contributed by atoms with Gasteiger partial charge in [0.05, 0.1) is 11.7 Å². The molecule has 2 rings (SSSR count). The molecule has 1 saturated carbocycles. The molecule has 110 valence electrons. The highest BCUT2D eigenvalue weighted by Crippen LogP contribution is 2.35. The summed E-state index contributed by atoms with van der Waals surface area (Å²) in [5, 5.41) is 8.87. The van der Waals surface area contributed by atoms with E-state index in [1.54, 1.807) is 0 Å². The molecule has 0 radical (unpaired) electrons. The smallest absolute Gasteiger partial charge is 0.487 e. The van der Waals surface area contributed by atoms with Crippen molar-refractivity contribution in [1.29, 1.82) is 0 Å². The lowest BCUT2D eigenvalue weighted by molar-refractivity contribution is -0.275. The molecule has 0 unspecified atom stereocenters. The van der Waals surface area contributed by atoms with E-state index in [1.807, 2.05) is 0 Å². The van der Waals surface area contributed by atoms with Gasteiger partial charge in [-0.3, -0.25) is 0 Å². The average molecular weight is 290 g/mol.